The van der Waals surface area contributed by atoms with E-state index in [1.807, 2.05) is 7.05 Å². The summed E-state index contributed by atoms with van der Waals surface area (Å²) in [6.07, 6.45) is 2.13. The third kappa shape index (κ3) is 2.09. The fourth-order valence-electron chi connectivity index (χ4n) is 2.64. The molecule has 20 heavy (non-hydrogen) atoms. The van der Waals surface area contributed by atoms with E-state index in [-0.39, 0.29) is 17.6 Å². The molecule has 1 heterocycles. The van der Waals surface area contributed by atoms with Crippen molar-refractivity contribution < 1.29 is 9.18 Å². The van der Waals surface area contributed by atoms with Gasteiger partial charge in [0.15, 0.2) is 0 Å². The summed E-state index contributed by atoms with van der Waals surface area (Å²) >= 11 is 0. The molecular weight excluding hydrogens is 255 g/mol. The van der Waals surface area contributed by atoms with E-state index in [1.54, 1.807) is 17.0 Å². The number of carbonyl (C=O) groups is 1. The second-order valence-electron chi connectivity index (χ2n) is 5.91. The van der Waals surface area contributed by atoms with Crippen molar-refractivity contribution >= 4 is 16.8 Å². The summed E-state index contributed by atoms with van der Waals surface area (Å²) < 4.78 is 13.9. The minimum atomic E-state index is -0.308. The molecule has 1 aliphatic carbocycles. The fourth-order valence-corrected chi connectivity index (χ4v) is 2.64. The van der Waals surface area contributed by atoms with Gasteiger partial charge in [-0.1, -0.05) is 19.9 Å². The number of benzene rings is 1. The number of aromatic amines is 1. The molecule has 106 valence electrons. The van der Waals surface area contributed by atoms with Crippen LogP contribution in [0.1, 0.15) is 48.7 Å². The van der Waals surface area contributed by atoms with Crippen LogP contribution >= 0.6 is 0 Å². The Kier molecular flexibility index (Phi) is 3.04. The van der Waals surface area contributed by atoms with Crippen molar-refractivity contribution in [1.29, 1.82) is 0 Å². The van der Waals surface area contributed by atoms with Crippen LogP contribution in [0.2, 0.25) is 0 Å². The van der Waals surface area contributed by atoms with Gasteiger partial charge in [-0.2, -0.15) is 0 Å². The molecule has 1 amide bonds. The molecule has 4 heteroatoms. The van der Waals surface area contributed by atoms with Crippen LogP contribution < -0.4 is 0 Å². The molecule has 3 nitrogen and oxygen atoms in total. The number of rotatable bonds is 3. The van der Waals surface area contributed by atoms with Gasteiger partial charge in [-0.15, -0.1) is 0 Å². The maximum atomic E-state index is 13.9. The fraction of sp³-hybridized carbons (Fsp3) is 0.438. The first-order valence-electron chi connectivity index (χ1n) is 7.07. The Balaban J connectivity index is 2.07. The van der Waals surface area contributed by atoms with E-state index in [4.69, 9.17) is 0 Å². The molecular formula is C16H19FN2O. The van der Waals surface area contributed by atoms with Crippen molar-refractivity contribution in [3.63, 3.8) is 0 Å². The molecule has 0 aliphatic heterocycles. The number of nitrogens with zero attached hydrogens (tertiary/aromatic N) is 1. The number of hydrogen-bond acceptors (Lipinski definition) is 1. The van der Waals surface area contributed by atoms with Crippen molar-refractivity contribution in [2.75, 3.05) is 7.05 Å². The third-order valence-electron chi connectivity index (χ3n) is 4.04. The Morgan fingerprint density at radius 3 is 2.70 bits per heavy atom. The highest BCUT2D eigenvalue weighted by molar-refractivity contribution is 5.99. The van der Waals surface area contributed by atoms with Gasteiger partial charge in [0.2, 0.25) is 0 Å². The van der Waals surface area contributed by atoms with Gasteiger partial charge >= 0.3 is 0 Å². The zero-order valence-electron chi connectivity index (χ0n) is 12.0. The van der Waals surface area contributed by atoms with Crippen LogP contribution in [0.15, 0.2) is 18.2 Å². The lowest BCUT2D eigenvalue weighted by Crippen LogP contribution is -2.28. The number of hydrogen-bond donors (Lipinski definition) is 1. The number of halogens is 1. The molecule has 1 aliphatic rings. The van der Waals surface area contributed by atoms with Crippen molar-refractivity contribution in [3.05, 3.63) is 35.3 Å². The monoisotopic (exact) mass is 274 g/mol. The molecule has 0 unspecified atom stereocenters. The van der Waals surface area contributed by atoms with Crippen LogP contribution in [0.25, 0.3) is 10.9 Å². The average Bonchev–Trinajstić information content (AvgIpc) is 3.16. The largest absolute Gasteiger partial charge is 0.348 e. The average molecular weight is 274 g/mol. The van der Waals surface area contributed by atoms with Gasteiger partial charge in [0.05, 0.1) is 5.52 Å². The van der Waals surface area contributed by atoms with Gasteiger partial charge in [-0.3, -0.25) is 4.79 Å². The highest BCUT2D eigenvalue weighted by Crippen LogP contribution is 2.30. The minimum absolute atomic E-state index is 0.0576. The van der Waals surface area contributed by atoms with Gasteiger partial charge in [-0.25, -0.2) is 4.39 Å². The Bertz CT molecular complexity index is 670. The van der Waals surface area contributed by atoms with E-state index in [0.29, 0.717) is 17.3 Å². The zero-order chi connectivity index (χ0) is 14.4. The third-order valence-corrected chi connectivity index (χ3v) is 4.04. The first-order chi connectivity index (χ1) is 9.49. The number of nitrogens with one attached hydrogen (secondary N) is 1. The van der Waals surface area contributed by atoms with Crippen molar-refractivity contribution in [2.24, 2.45) is 0 Å². The summed E-state index contributed by atoms with van der Waals surface area (Å²) in [5.74, 6) is -0.0756. The molecule has 3 rings (SSSR count). The number of carbonyl (C=O) groups excluding carboxylic acids is 1. The number of aromatic nitrogens is 1. The summed E-state index contributed by atoms with van der Waals surface area (Å²) in [6, 6.07) is 5.40. The molecule has 1 saturated carbocycles. The lowest BCUT2D eigenvalue weighted by Gasteiger charge is -2.14. The van der Waals surface area contributed by atoms with Gasteiger partial charge < -0.3 is 9.88 Å². The Morgan fingerprint density at radius 1 is 1.40 bits per heavy atom. The van der Waals surface area contributed by atoms with Gasteiger partial charge in [0.25, 0.3) is 5.91 Å². The lowest BCUT2D eigenvalue weighted by molar-refractivity contribution is 0.0780. The summed E-state index contributed by atoms with van der Waals surface area (Å²) in [5, 5.41) is 0.813. The van der Waals surface area contributed by atoms with Crippen LogP contribution in [-0.4, -0.2) is 28.9 Å². The Morgan fingerprint density at radius 2 is 2.10 bits per heavy atom. The molecule has 0 bridgehead atoms. The smallest absolute Gasteiger partial charge is 0.270 e. The van der Waals surface area contributed by atoms with E-state index in [0.717, 1.165) is 23.8 Å². The Labute approximate surface area is 117 Å². The first-order valence-corrected chi connectivity index (χ1v) is 7.07. The number of H-pyrrole nitrogens is 1. The van der Waals surface area contributed by atoms with E-state index >= 15 is 0 Å². The predicted molar refractivity (Wildman–Crippen MR) is 77.5 cm³/mol. The SMILES string of the molecule is CC(C)c1ccc(F)c2[nH]c(C(=O)N(C)C3CC3)cc12. The molecule has 0 saturated heterocycles. The molecule has 1 fully saturated rings. The van der Waals surface area contributed by atoms with Crippen LogP contribution in [0.3, 0.4) is 0 Å². The summed E-state index contributed by atoms with van der Waals surface area (Å²) in [4.78, 5) is 17.1. The van der Waals surface area contributed by atoms with Gasteiger partial charge in [-0.05, 0) is 36.5 Å². The number of fused-ring (bicyclic) bond motifs is 1. The Hall–Kier alpha value is -1.84. The lowest BCUT2D eigenvalue weighted by atomic mass is 9.99. The molecule has 1 aromatic heterocycles. The molecule has 1 aromatic carbocycles. The second-order valence-corrected chi connectivity index (χ2v) is 5.91. The van der Waals surface area contributed by atoms with Crippen molar-refractivity contribution in [1.82, 2.24) is 9.88 Å². The summed E-state index contributed by atoms with van der Waals surface area (Å²) in [7, 11) is 1.81. The molecule has 0 radical (unpaired) electrons. The topological polar surface area (TPSA) is 36.1 Å². The first kappa shape index (κ1) is 13.2. The standard InChI is InChI=1S/C16H19FN2O/c1-9(2)11-6-7-13(17)15-12(11)8-14(18-15)16(20)19(3)10-4-5-10/h6-10,18H,4-5H2,1-3H3. The maximum Gasteiger partial charge on any atom is 0.270 e. The van der Waals surface area contributed by atoms with Crippen molar-refractivity contribution in [2.45, 2.75) is 38.6 Å². The van der Waals surface area contributed by atoms with Crippen molar-refractivity contribution in [3.8, 4) is 0 Å². The zero-order valence-corrected chi connectivity index (χ0v) is 12.0. The van der Waals surface area contributed by atoms with E-state index in [1.165, 1.54) is 6.07 Å². The van der Waals surface area contributed by atoms with Crippen LogP contribution in [0.5, 0.6) is 0 Å². The predicted octanol–water partition coefficient (Wildman–Crippen LogP) is 3.66. The molecule has 1 N–H and O–H groups in total. The molecule has 0 atom stereocenters. The van der Waals surface area contributed by atoms with Gasteiger partial charge in [0, 0.05) is 18.5 Å². The normalized spacial score (nSPS) is 15.1. The van der Waals surface area contributed by atoms with Crippen LogP contribution in [-0.2, 0) is 0 Å². The second kappa shape index (κ2) is 4.62. The molecule has 2 aromatic rings. The highest BCUT2D eigenvalue weighted by Gasteiger charge is 2.31. The van der Waals surface area contributed by atoms with E-state index in [9.17, 15) is 9.18 Å². The van der Waals surface area contributed by atoms with Gasteiger partial charge in [0.1, 0.15) is 11.5 Å². The van der Waals surface area contributed by atoms with Crippen LogP contribution in [0, 0.1) is 5.82 Å². The highest BCUT2D eigenvalue weighted by atomic mass is 19.1. The quantitative estimate of drug-likeness (QED) is 0.911. The maximum absolute atomic E-state index is 13.9. The molecule has 0 spiro atoms. The minimum Gasteiger partial charge on any atom is -0.348 e. The van der Waals surface area contributed by atoms with E-state index < -0.39 is 0 Å². The van der Waals surface area contributed by atoms with E-state index in [2.05, 4.69) is 18.8 Å². The summed E-state index contributed by atoms with van der Waals surface area (Å²) in [5.41, 5.74) is 1.97. The van der Waals surface area contributed by atoms with Crippen LogP contribution in [0.4, 0.5) is 4.39 Å². The number of amides is 1. The summed E-state index contributed by atoms with van der Waals surface area (Å²) in [6.45, 7) is 4.13.